The largest absolute Gasteiger partial charge is 0.352 e. The van der Waals surface area contributed by atoms with Crippen molar-refractivity contribution < 1.29 is 18.4 Å². The molecule has 0 bridgehead atoms. The SMILES string of the molecule is C=C(Nc1c(C(=O)NOCC2CC2)ccc(F)c1F)/C(Cl)=C\C(C)=C/C. The third kappa shape index (κ3) is 5.41. The van der Waals surface area contributed by atoms with E-state index >= 15 is 0 Å². The molecular weight excluding hydrogens is 362 g/mol. The van der Waals surface area contributed by atoms with Crippen molar-refractivity contribution in [2.45, 2.75) is 26.7 Å². The molecule has 1 aromatic rings. The van der Waals surface area contributed by atoms with Crippen LogP contribution in [0.25, 0.3) is 0 Å². The summed E-state index contributed by atoms with van der Waals surface area (Å²) in [5.74, 6) is -2.55. The van der Waals surface area contributed by atoms with Gasteiger partial charge in [0.05, 0.1) is 28.6 Å². The van der Waals surface area contributed by atoms with E-state index in [-0.39, 0.29) is 22.0 Å². The molecule has 1 aliphatic carbocycles. The zero-order valence-electron chi connectivity index (χ0n) is 14.7. The highest BCUT2D eigenvalue weighted by Crippen LogP contribution is 2.29. The Bertz CT molecular complexity index is 771. The lowest BCUT2D eigenvalue weighted by Crippen LogP contribution is -2.26. The molecule has 1 fully saturated rings. The van der Waals surface area contributed by atoms with Crippen molar-refractivity contribution in [2.24, 2.45) is 5.92 Å². The lowest BCUT2D eigenvalue weighted by atomic mass is 10.1. The van der Waals surface area contributed by atoms with Gasteiger partial charge in [0.1, 0.15) is 0 Å². The molecule has 1 aromatic carbocycles. The summed E-state index contributed by atoms with van der Waals surface area (Å²) in [7, 11) is 0. The summed E-state index contributed by atoms with van der Waals surface area (Å²) < 4.78 is 27.9. The minimum atomic E-state index is -1.20. The zero-order chi connectivity index (χ0) is 19.3. The van der Waals surface area contributed by atoms with Gasteiger partial charge >= 0.3 is 0 Å². The fraction of sp³-hybridized carbons (Fsp3) is 0.316. The number of carbonyl (C=O) groups is 1. The molecule has 1 amide bonds. The van der Waals surface area contributed by atoms with Gasteiger partial charge in [0, 0.05) is 0 Å². The maximum absolute atomic E-state index is 14.3. The first-order valence-electron chi connectivity index (χ1n) is 8.20. The topological polar surface area (TPSA) is 50.4 Å². The van der Waals surface area contributed by atoms with Crippen LogP contribution in [0.1, 0.15) is 37.0 Å². The molecule has 1 aliphatic rings. The standard InChI is InChI=1S/C19H21ClF2N2O2/c1-4-11(2)9-15(20)12(3)23-18-14(7-8-16(21)17(18)22)19(25)24-26-10-13-5-6-13/h4,7-9,13,23H,3,5-6,10H2,1-2H3,(H,24,25)/b11-4-,15-9+. The highest BCUT2D eigenvalue weighted by atomic mass is 35.5. The highest BCUT2D eigenvalue weighted by molar-refractivity contribution is 6.32. The normalized spacial score (nSPS) is 15.0. The van der Waals surface area contributed by atoms with E-state index in [0.717, 1.165) is 24.5 Å². The number of anilines is 1. The Balaban J connectivity index is 2.19. The van der Waals surface area contributed by atoms with Crippen molar-refractivity contribution in [1.82, 2.24) is 5.48 Å². The van der Waals surface area contributed by atoms with Gasteiger partial charge in [0.25, 0.3) is 5.91 Å². The van der Waals surface area contributed by atoms with Crippen LogP contribution in [0, 0.1) is 17.6 Å². The third-order valence-corrected chi connectivity index (χ3v) is 4.23. The Morgan fingerprint density at radius 1 is 1.42 bits per heavy atom. The first kappa shape index (κ1) is 20.1. The van der Waals surface area contributed by atoms with Gasteiger partial charge in [-0.25, -0.2) is 14.3 Å². The Kier molecular flexibility index (Phi) is 6.94. The van der Waals surface area contributed by atoms with Crippen molar-refractivity contribution in [3.63, 3.8) is 0 Å². The monoisotopic (exact) mass is 382 g/mol. The van der Waals surface area contributed by atoms with Gasteiger partial charge in [-0.1, -0.05) is 29.8 Å². The second-order valence-electron chi connectivity index (χ2n) is 6.10. The molecule has 1 saturated carbocycles. The van der Waals surface area contributed by atoms with Gasteiger partial charge in [-0.05, 0) is 50.8 Å². The quantitative estimate of drug-likeness (QED) is 0.488. The number of rotatable bonds is 8. The lowest BCUT2D eigenvalue weighted by Gasteiger charge is -2.15. The van der Waals surface area contributed by atoms with Gasteiger partial charge in [0.15, 0.2) is 11.6 Å². The van der Waals surface area contributed by atoms with Crippen molar-refractivity contribution >= 4 is 23.2 Å². The average Bonchev–Trinajstić information content (AvgIpc) is 3.42. The van der Waals surface area contributed by atoms with E-state index in [2.05, 4.69) is 17.4 Å². The molecule has 4 nitrogen and oxygen atoms in total. The maximum Gasteiger partial charge on any atom is 0.277 e. The summed E-state index contributed by atoms with van der Waals surface area (Å²) in [6.45, 7) is 7.77. The summed E-state index contributed by atoms with van der Waals surface area (Å²) in [4.78, 5) is 17.4. The zero-order valence-corrected chi connectivity index (χ0v) is 15.4. The molecule has 2 N–H and O–H groups in total. The molecule has 26 heavy (non-hydrogen) atoms. The summed E-state index contributed by atoms with van der Waals surface area (Å²) in [6, 6.07) is 2.04. The first-order valence-corrected chi connectivity index (χ1v) is 8.57. The molecule has 7 heteroatoms. The second kappa shape index (κ2) is 8.96. The van der Waals surface area contributed by atoms with Crippen molar-refractivity contribution in [1.29, 1.82) is 0 Å². The van der Waals surface area contributed by atoms with Crippen molar-refractivity contribution in [3.8, 4) is 0 Å². The van der Waals surface area contributed by atoms with E-state index in [9.17, 15) is 13.6 Å². The van der Waals surface area contributed by atoms with Crippen LogP contribution in [0.2, 0.25) is 0 Å². The van der Waals surface area contributed by atoms with Gasteiger partial charge in [-0.2, -0.15) is 0 Å². The molecule has 140 valence electrons. The van der Waals surface area contributed by atoms with Crippen molar-refractivity contribution in [2.75, 3.05) is 11.9 Å². The van der Waals surface area contributed by atoms with E-state index < -0.39 is 17.5 Å². The Hall–Kier alpha value is -2.18. The van der Waals surface area contributed by atoms with Crippen LogP contribution < -0.4 is 10.8 Å². The number of amides is 1. The summed E-state index contributed by atoms with van der Waals surface area (Å²) in [5, 5.41) is 2.80. The number of halogens is 3. The van der Waals surface area contributed by atoms with E-state index in [1.54, 1.807) is 6.08 Å². The second-order valence-corrected chi connectivity index (χ2v) is 6.51. The molecule has 0 heterocycles. The Labute approximate surface area is 156 Å². The van der Waals surface area contributed by atoms with Gasteiger partial charge in [-0.15, -0.1) is 0 Å². The number of nitrogens with one attached hydrogen (secondary N) is 2. The molecule has 0 atom stereocenters. The maximum atomic E-state index is 14.3. The number of allylic oxidation sites excluding steroid dienone is 4. The smallest absolute Gasteiger partial charge is 0.277 e. The predicted molar refractivity (Wildman–Crippen MR) is 98.6 cm³/mol. The minimum Gasteiger partial charge on any atom is -0.352 e. The van der Waals surface area contributed by atoms with Crippen molar-refractivity contribution in [3.05, 3.63) is 64.4 Å². The van der Waals surface area contributed by atoms with E-state index in [4.69, 9.17) is 16.4 Å². The van der Waals surface area contributed by atoms with Crippen LogP contribution in [0.3, 0.4) is 0 Å². The highest BCUT2D eigenvalue weighted by Gasteiger charge is 2.23. The number of hydroxylamine groups is 1. The number of hydrogen-bond acceptors (Lipinski definition) is 3. The summed E-state index contributed by atoms with van der Waals surface area (Å²) in [5.41, 5.74) is 2.77. The molecule has 0 aliphatic heterocycles. The van der Waals surface area contributed by atoms with Crippen LogP contribution in [0.15, 0.2) is 47.2 Å². The molecule has 0 unspecified atom stereocenters. The average molecular weight is 383 g/mol. The molecule has 0 radical (unpaired) electrons. The lowest BCUT2D eigenvalue weighted by molar-refractivity contribution is 0.0270. The van der Waals surface area contributed by atoms with Crippen LogP contribution in [-0.4, -0.2) is 12.5 Å². The molecule has 2 rings (SSSR count). The number of carbonyl (C=O) groups excluding carboxylic acids is 1. The Morgan fingerprint density at radius 3 is 2.73 bits per heavy atom. The van der Waals surface area contributed by atoms with Gasteiger partial charge in [0.2, 0.25) is 0 Å². The van der Waals surface area contributed by atoms with Crippen LogP contribution in [0.4, 0.5) is 14.5 Å². The summed E-state index contributed by atoms with van der Waals surface area (Å²) >= 11 is 6.12. The Morgan fingerprint density at radius 2 is 2.12 bits per heavy atom. The minimum absolute atomic E-state index is 0.118. The summed E-state index contributed by atoms with van der Waals surface area (Å²) in [6.07, 6.45) is 5.56. The van der Waals surface area contributed by atoms with E-state index in [0.29, 0.717) is 12.5 Å². The number of hydrogen-bond donors (Lipinski definition) is 2. The number of benzene rings is 1. The van der Waals surface area contributed by atoms with E-state index in [1.165, 1.54) is 6.07 Å². The fourth-order valence-corrected chi connectivity index (χ4v) is 2.23. The van der Waals surface area contributed by atoms with Crippen LogP contribution in [-0.2, 0) is 4.84 Å². The molecular formula is C19H21ClF2N2O2. The van der Waals surface area contributed by atoms with Crippen LogP contribution >= 0.6 is 11.6 Å². The molecule has 0 saturated heterocycles. The molecule has 0 spiro atoms. The predicted octanol–water partition coefficient (Wildman–Crippen LogP) is 5.05. The fourth-order valence-electron chi connectivity index (χ4n) is 2.01. The van der Waals surface area contributed by atoms with Gasteiger partial charge < -0.3 is 5.32 Å². The van der Waals surface area contributed by atoms with Crippen LogP contribution in [0.5, 0.6) is 0 Å². The molecule has 0 aromatic heterocycles. The first-order chi connectivity index (χ1) is 12.3. The third-order valence-electron chi connectivity index (χ3n) is 3.89. The van der Waals surface area contributed by atoms with E-state index in [1.807, 2.05) is 19.9 Å². The van der Waals surface area contributed by atoms with Gasteiger partial charge in [-0.3, -0.25) is 9.63 Å².